The van der Waals surface area contributed by atoms with Crippen LogP contribution in [-0.2, 0) is 11.3 Å². The van der Waals surface area contributed by atoms with Gasteiger partial charge >= 0.3 is 0 Å². The second-order valence-corrected chi connectivity index (χ2v) is 4.30. The number of hydrogen-bond acceptors (Lipinski definition) is 2. The van der Waals surface area contributed by atoms with Gasteiger partial charge in [-0.1, -0.05) is 0 Å². The molecule has 1 aromatic heterocycles. The lowest BCUT2D eigenvalue weighted by molar-refractivity contribution is -0.132. The van der Waals surface area contributed by atoms with E-state index in [1.54, 1.807) is 13.2 Å². The van der Waals surface area contributed by atoms with E-state index in [0.717, 1.165) is 5.76 Å². The molecule has 1 aromatic rings. The molecule has 3 nitrogen and oxygen atoms in total. The highest BCUT2D eigenvalue weighted by atomic mass is 16.3. The second-order valence-electron chi connectivity index (χ2n) is 4.30. The molecule has 0 radical (unpaired) electrons. The molecule has 1 unspecified atom stereocenters. The Morgan fingerprint density at radius 1 is 1.67 bits per heavy atom. The van der Waals surface area contributed by atoms with Crippen LogP contribution in [0.2, 0.25) is 0 Å². The first kappa shape index (κ1) is 10.3. The topological polar surface area (TPSA) is 33.5 Å². The summed E-state index contributed by atoms with van der Waals surface area (Å²) in [5.41, 5.74) is 0. The van der Waals surface area contributed by atoms with E-state index in [9.17, 15) is 4.79 Å². The molecule has 1 fully saturated rings. The molecule has 0 aliphatic heterocycles. The Hall–Kier alpha value is -1.25. The largest absolute Gasteiger partial charge is 0.467 e. The van der Waals surface area contributed by atoms with E-state index in [4.69, 9.17) is 4.42 Å². The fourth-order valence-electron chi connectivity index (χ4n) is 1.95. The molecule has 1 heterocycles. The van der Waals surface area contributed by atoms with E-state index in [0.29, 0.717) is 18.5 Å². The third kappa shape index (κ3) is 2.41. The summed E-state index contributed by atoms with van der Waals surface area (Å²) in [6.45, 7) is 4.35. The van der Waals surface area contributed by atoms with Gasteiger partial charge in [0.15, 0.2) is 0 Å². The maximum atomic E-state index is 11.5. The summed E-state index contributed by atoms with van der Waals surface area (Å²) < 4.78 is 5.27. The van der Waals surface area contributed by atoms with Gasteiger partial charge in [0.05, 0.1) is 12.8 Å². The zero-order valence-corrected chi connectivity index (χ0v) is 9.27. The van der Waals surface area contributed by atoms with Crippen molar-refractivity contribution in [3.05, 3.63) is 24.2 Å². The fourth-order valence-corrected chi connectivity index (χ4v) is 1.95. The molecule has 0 N–H and O–H groups in total. The van der Waals surface area contributed by atoms with Gasteiger partial charge in [-0.05, 0) is 37.8 Å². The molecule has 3 heteroatoms. The van der Waals surface area contributed by atoms with Gasteiger partial charge in [0.25, 0.3) is 0 Å². The van der Waals surface area contributed by atoms with Crippen LogP contribution in [0.4, 0.5) is 0 Å². The molecule has 0 spiro atoms. The van der Waals surface area contributed by atoms with E-state index < -0.39 is 0 Å². The van der Waals surface area contributed by atoms with Crippen LogP contribution in [0.1, 0.15) is 32.4 Å². The van der Waals surface area contributed by atoms with Crippen molar-refractivity contribution < 1.29 is 9.21 Å². The number of furan rings is 1. The normalized spacial score (nSPS) is 17.5. The van der Waals surface area contributed by atoms with Crippen LogP contribution < -0.4 is 0 Å². The molecule has 2 rings (SSSR count). The lowest BCUT2D eigenvalue weighted by atomic mass is 10.1. The predicted molar refractivity (Wildman–Crippen MR) is 57.1 cm³/mol. The highest BCUT2D eigenvalue weighted by molar-refractivity contribution is 5.73. The van der Waals surface area contributed by atoms with Crippen LogP contribution in [0.15, 0.2) is 22.8 Å². The SMILES string of the molecule is CC(=O)N(Cc1ccco1)C(C)C1CC1. The highest BCUT2D eigenvalue weighted by Crippen LogP contribution is 2.35. The summed E-state index contributed by atoms with van der Waals surface area (Å²) in [5.74, 6) is 1.69. The van der Waals surface area contributed by atoms with Crippen molar-refractivity contribution >= 4 is 5.91 Å². The minimum Gasteiger partial charge on any atom is -0.467 e. The van der Waals surface area contributed by atoms with Crippen molar-refractivity contribution in [2.75, 3.05) is 0 Å². The van der Waals surface area contributed by atoms with E-state index in [-0.39, 0.29) is 5.91 Å². The van der Waals surface area contributed by atoms with E-state index in [2.05, 4.69) is 6.92 Å². The first-order valence-electron chi connectivity index (χ1n) is 5.48. The van der Waals surface area contributed by atoms with Gasteiger partial charge in [-0.2, -0.15) is 0 Å². The van der Waals surface area contributed by atoms with E-state index in [1.807, 2.05) is 17.0 Å². The Labute approximate surface area is 90.1 Å². The molecular weight excluding hydrogens is 190 g/mol. The van der Waals surface area contributed by atoms with Crippen LogP contribution in [-0.4, -0.2) is 16.8 Å². The van der Waals surface area contributed by atoms with Crippen molar-refractivity contribution in [1.29, 1.82) is 0 Å². The molecule has 0 bridgehead atoms. The maximum absolute atomic E-state index is 11.5. The summed E-state index contributed by atoms with van der Waals surface area (Å²) >= 11 is 0. The van der Waals surface area contributed by atoms with Crippen molar-refractivity contribution in [2.45, 2.75) is 39.3 Å². The van der Waals surface area contributed by atoms with Gasteiger partial charge in [-0.15, -0.1) is 0 Å². The van der Waals surface area contributed by atoms with Crippen LogP contribution >= 0.6 is 0 Å². The fraction of sp³-hybridized carbons (Fsp3) is 0.583. The Morgan fingerprint density at radius 3 is 2.87 bits per heavy atom. The first-order chi connectivity index (χ1) is 7.18. The van der Waals surface area contributed by atoms with Gasteiger partial charge in [0.2, 0.25) is 5.91 Å². The smallest absolute Gasteiger partial charge is 0.220 e. The molecule has 1 atom stereocenters. The van der Waals surface area contributed by atoms with E-state index >= 15 is 0 Å². The second kappa shape index (κ2) is 4.09. The van der Waals surface area contributed by atoms with Gasteiger partial charge in [0.1, 0.15) is 5.76 Å². The van der Waals surface area contributed by atoms with Crippen LogP contribution in [0.3, 0.4) is 0 Å². The Kier molecular flexibility index (Phi) is 2.80. The monoisotopic (exact) mass is 207 g/mol. The molecule has 82 valence electrons. The number of carbonyl (C=O) groups is 1. The number of carbonyl (C=O) groups excluding carboxylic acids is 1. The molecule has 1 amide bonds. The summed E-state index contributed by atoms with van der Waals surface area (Å²) in [7, 11) is 0. The van der Waals surface area contributed by atoms with Crippen molar-refractivity contribution in [3.8, 4) is 0 Å². The highest BCUT2D eigenvalue weighted by Gasteiger charge is 2.33. The van der Waals surface area contributed by atoms with Gasteiger partial charge in [0, 0.05) is 13.0 Å². The van der Waals surface area contributed by atoms with Gasteiger partial charge in [-0.3, -0.25) is 4.79 Å². The molecule has 0 aromatic carbocycles. The minimum absolute atomic E-state index is 0.130. The lowest BCUT2D eigenvalue weighted by Crippen LogP contribution is -2.37. The van der Waals surface area contributed by atoms with E-state index in [1.165, 1.54) is 12.8 Å². The number of rotatable bonds is 4. The molecule has 1 saturated carbocycles. The Balaban J connectivity index is 2.02. The van der Waals surface area contributed by atoms with Crippen molar-refractivity contribution in [1.82, 2.24) is 4.90 Å². The molecule has 0 saturated heterocycles. The number of amides is 1. The average Bonchev–Trinajstić information content (AvgIpc) is 2.92. The Bertz CT molecular complexity index is 327. The number of nitrogens with zero attached hydrogens (tertiary/aromatic N) is 1. The quantitative estimate of drug-likeness (QED) is 0.759. The zero-order valence-electron chi connectivity index (χ0n) is 9.27. The van der Waals surface area contributed by atoms with Crippen molar-refractivity contribution in [3.63, 3.8) is 0 Å². The van der Waals surface area contributed by atoms with Crippen LogP contribution in [0.5, 0.6) is 0 Å². The Morgan fingerprint density at radius 2 is 2.40 bits per heavy atom. The standard InChI is InChI=1S/C12H17NO2/c1-9(11-5-6-11)13(10(2)14)8-12-4-3-7-15-12/h3-4,7,9,11H,5-6,8H2,1-2H3. The average molecular weight is 207 g/mol. The van der Waals surface area contributed by atoms with Crippen molar-refractivity contribution in [2.24, 2.45) is 5.92 Å². The maximum Gasteiger partial charge on any atom is 0.220 e. The van der Waals surface area contributed by atoms with Crippen LogP contribution in [0.25, 0.3) is 0 Å². The summed E-state index contributed by atoms with van der Waals surface area (Å²) in [6.07, 6.45) is 4.15. The van der Waals surface area contributed by atoms with Gasteiger partial charge < -0.3 is 9.32 Å². The summed E-state index contributed by atoms with van der Waals surface area (Å²) in [6, 6.07) is 4.11. The van der Waals surface area contributed by atoms with Gasteiger partial charge in [-0.25, -0.2) is 0 Å². The van der Waals surface area contributed by atoms with Crippen LogP contribution in [0, 0.1) is 5.92 Å². The third-order valence-electron chi connectivity index (χ3n) is 3.11. The summed E-state index contributed by atoms with van der Waals surface area (Å²) in [4.78, 5) is 13.4. The molecule has 15 heavy (non-hydrogen) atoms. The third-order valence-corrected chi connectivity index (χ3v) is 3.11. The summed E-state index contributed by atoms with van der Waals surface area (Å²) in [5, 5.41) is 0. The molecular formula is C12H17NO2. The minimum atomic E-state index is 0.130. The lowest BCUT2D eigenvalue weighted by Gasteiger charge is -2.27. The predicted octanol–water partition coefficient (Wildman–Crippen LogP) is 2.43. The zero-order chi connectivity index (χ0) is 10.8. The molecule has 1 aliphatic rings. The first-order valence-corrected chi connectivity index (χ1v) is 5.48. The molecule has 1 aliphatic carbocycles. The number of hydrogen-bond donors (Lipinski definition) is 0.